The molecular formula is C13H18N4O2S. The molecule has 2 rings (SSSR count). The van der Waals surface area contributed by atoms with E-state index in [1.165, 1.54) is 4.68 Å². The highest BCUT2D eigenvalue weighted by Gasteiger charge is 2.20. The van der Waals surface area contributed by atoms with Gasteiger partial charge in [0.1, 0.15) is 17.8 Å². The van der Waals surface area contributed by atoms with E-state index in [4.69, 9.17) is 0 Å². The Bertz CT molecular complexity index is 571. The fourth-order valence-electron chi connectivity index (χ4n) is 1.70. The Kier molecular flexibility index (Phi) is 4.20. The lowest BCUT2D eigenvalue weighted by atomic mass is 10.1. The lowest BCUT2D eigenvalue weighted by molar-refractivity contribution is -0.122. The molecular weight excluding hydrogens is 276 g/mol. The summed E-state index contributed by atoms with van der Waals surface area (Å²) >= 11 is 1.60. The lowest BCUT2D eigenvalue weighted by Gasteiger charge is -2.12. The summed E-state index contributed by atoms with van der Waals surface area (Å²) in [6, 6.07) is 3.91. The van der Waals surface area contributed by atoms with Crippen LogP contribution in [0, 0.1) is 0 Å². The zero-order chi connectivity index (χ0) is 14.8. The van der Waals surface area contributed by atoms with E-state index < -0.39 is 5.60 Å². The van der Waals surface area contributed by atoms with Gasteiger partial charge in [-0.1, -0.05) is 11.3 Å². The Balaban J connectivity index is 1.93. The Morgan fingerprint density at radius 3 is 2.90 bits per heavy atom. The van der Waals surface area contributed by atoms with E-state index in [-0.39, 0.29) is 18.5 Å². The van der Waals surface area contributed by atoms with Crippen LogP contribution in [0.3, 0.4) is 0 Å². The van der Waals surface area contributed by atoms with Crippen molar-refractivity contribution >= 4 is 17.2 Å². The molecule has 2 aromatic heterocycles. The number of aromatic nitrogens is 3. The minimum atomic E-state index is -1.06. The first-order valence-electron chi connectivity index (χ1n) is 6.32. The topological polar surface area (TPSA) is 80.0 Å². The molecule has 108 valence electrons. The monoisotopic (exact) mass is 294 g/mol. The van der Waals surface area contributed by atoms with E-state index in [1.54, 1.807) is 31.4 Å². The molecule has 0 aliphatic carbocycles. The van der Waals surface area contributed by atoms with Crippen molar-refractivity contribution in [2.24, 2.45) is 0 Å². The zero-order valence-corrected chi connectivity index (χ0v) is 12.5. The summed E-state index contributed by atoms with van der Waals surface area (Å²) in [7, 11) is 0. The predicted octanol–water partition coefficient (Wildman–Crippen LogP) is 1.44. The van der Waals surface area contributed by atoms with Crippen LogP contribution < -0.4 is 5.32 Å². The van der Waals surface area contributed by atoms with Gasteiger partial charge in [-0.05, 0) is 32.2 Å². The number of nitrogens with zero attached hydrogens (tertiary/aromatic N) is 3. The van der Waals surface area contributed by atoms with Crippen LogP contribution in [-0.4, -0.2) is 26.0 Å². The van der Waals surface area contributed by atoms with Gasteiger partial charge in [0.25, 0.3) is 0 Å². The van der Waals surface area contributed by atoms with E-state index in [2.05, 4.69) is 15.6 Å². The highest BCUT2D eigenvalue weighted by Crippen LogP contribution is 2.18. The van der Waals surface area contributed by atoms with Crippen molar-refractivity contribution in [3.8, 4) is 0 Å². The minimum Gasteiger partial charge on any atom is -0.384 e. The van der Waals surface area contributed by atoms with Gasteiger partial charge in [0.2, 0.25) is 5.91 Å². The van der Waals surface area contributed by atoms with Crippen LogP contribution in [0.4, 0.5) is 0 Å². The Labute approximate surface area is 121 Å². The molecule has 7 heteroatoms. The third kappa shape index (κ3) is 3.64. The molecule has 2 heterocycles. The van der Waals surface area contributed by atoms with Gasteiger partial charge in [-0.15, -0.1) is 16.4 Å². The smallest absolute Gasteiger partial charge is 0.242 e. The Morgan fingerprint density at radius 2 is 2.35 bits per heavy atom. The van der Waals surface area contributed by atoms with Gasteiger partial charge in [-0.3, -0.25) is 4.79 Å². The molecule has 0 aliphatic heterocycles. The molecule has 0 aliphatic rings. The SMILES string of the molecule is CC(NC(=O)Cn1cc(C(C)(C)O)nn1)c1cccs1. The molecule has 0 aromatic carbocycles. The molecule has 1 atom stereocenters. The van der Waals surface area contributed by atoms with Gasteiger partial charge in [0.15, 0.2) is 0 Å². The molecule has 20 heavy (non-hydrogen) atoms. The van der Waals surface area contributed by atoms with E-state index in [0.717, 1.165) is 4.88 Å². The van der Waals surface area contributed by atoms with Crippen LogP contribution in [0.15, 0.2) is 23.7 Å². The number of carbonyl (C=O) groups excluding carboxylic acids is 1. The predicted molar refractivity (Wildman–Crippen MR) is 76.1 cm³/mol. The number of carbonyl (C=O) groups is 1. The second-order valence-electron chi connectivity index (χ2n) is 5.17. The van der Waals surface area contributed by atoms with Crippen molar-refractivity contribution in [2.45, 2.75) is 39.0 Å². The average Bonchev–Trinajstić information content (AvgIpc) is 2.97. The van der Waals surface area contributed by atoms with Crippen LogP contribution in [0.1, 0.15) is 37.4 Å². The molecule has 0 bridgehead atoms. The van der Waals surface area contributed by atoms with Gasteiger partial charge >= 0.3 is 0 Å². The highest BCUT2D eigenvalue weighted by atomic mass is 32.1. The third-order valence-electron chi connectivity index (χ3n) is 2.82. The van der Waals surface area contributed by atoms with Gasteiger partial charge < -0.3 is 10.4 Å². The highest BCUT2D eigenvalue weighted by molar-refractivity contribution is 7.10. The van der Waals surface area contributed by atoms with Crippen LogP contribution in [0.25, 0.3) is 0 Å². The number of hydrogen-bond acceptors (Lipinski definition) is 5. The van der Waals surface area contributed by atoms with Crippen molar-refractivity contribution in [1.82, 2.24) is 20.3 Å². The van der Waals surface area contributed by atoms with E-state index in [0.29, 0.717) is 5.69 Å². The summed E-state index contributed by atoms with van der Waals surface area (Å²) in [4.78, 5) is 13.0. The minimum absolute atomic E-state index is 0.0280. The summed E-state index contributed by atoms with van der Waals surface area (Å²) < 4.78 is 1.42. The van der Waals surface area contributed by atoms with E-state index >= 15 is 0 Å². The van der Waals surface area contributed by atoms with Crippen LogP contribution in [0.5, 0.6) is 0 Å². The number of rotatable bonds is 5. The largest absolute Gasteiger partial charge is 0.384 e. The molecule has 0 spiro atoms. The molecule has 0 saturated heterocycles. The summed E-state index contributed by atoms with van der Waals surface area (Å²) in [5.41, 5.74) is -0.615. The fourth-order valence-corrected chi connectivity index (χ4v) is 2.43. The number of hydrogen-bond donors (Lipinski definition) is 2. The summed E-state index contributed by atoms with van der Waals surface area (Å²) in [5.74, 6) is -0.141. The van der Waals surface area contributed by atoms with Gasteiger partial charge in [0, 0.05) is 4.88 Å². The molecule has 1 unspecified atom stereocenters. The molecule has 2 N–H and O–H groups in total. The third-order valence-corrected chi connectivity index (χ3v) is 3.87. The maximum Gasteiger partial charge on any atom is 0.242 e. The van der Waals surface area contributed by atoms with Gasteiger partial charge in [0.05, 0.1) is 12.2 Å². The van der Waals surface area contributed by atoms with E-state index in [9.17, 15) is 9.90 Å². The summed E-state index contributed by atoms with van der Waals surface area (Å²) in [6.07, 6.45) is 1.58. The molecule has 2 aromatic rings. The number of nitrogens with one attached hydrogen (secondary N) is 1. The standard InChI is InChI=1S/C13H18N4O2S/c1-9(10-5-4-6-20-10)14-12(18)8-17-7-11(15-16-17)13(2,3)19/h4-7,9,19H,8H2,1-3H3,(H,14,18). The van der Waals surface area contributed by atoms with Crippen LogP contribution in [-0.2, 0) is 16.9 Å². The van der Waals surface area contributed by atoms with Crippen molar-refractivity contribution in [3.63, 3.8) is 0 Å². The summed E-state index contributed by atoms with van der Waals surface area (Å²) in [6.45, 7) is 5.27. The normalized spacial score (nSPS) is 13.2. The van der Waals surface area contributed by atoms with E-state index in [1.807, 2.05) is 24.4 Å². The number of aliphatic hydroxyl groups is 1. The maximum absolute atomic E-state index is 11.9. The molecule has 1 amide bonds. The zero-order valence-electron chi connectivity index (χ0n) is 11.7. The molecule has 0 fully saturated rings. The van der Waals surface area contributed by atoms with Crippen molar-refractivity contribution in [2.75, 3.05) is 0 Å². The van der Waals surface area contributed by atoms with Crippen molar-refractivity contribution in [1.29, 1.82) is 0 Å². The van der Waals surface area contributed by atoms with Crippen molar-refractivity contribution in [3.05, 3.63) is 34.3 Å². The summed E-state index contributed by atoms with van der Waals surface area (Å²) in [5, 5.41) is 22.4. The number of thiophene rings is 1. The molecule has 0 radical (unpaired) electrons. The first-order valence-corrected chi connectivity index (χ1v) is 7.20. The number of amides is 1. The first kappa shape index (κ1) is 14.7. The first-order chi connectivity index (χ1) is 9.36. The quantitative estimate of drug-likeness (QED) is 0.874. The lowest BCUT2D eigenvalue weighted by Crippen LogP contribution is -2.29. The Hall–Kier alpha value is -1.73. The maximum atomic E-state index is 11.9. The second-order valence-corrected chi connectivity index (χ2v) is 6.14. The van der Waals surface area contributed by atoms with Gasteiger partial charge in [-0.2, -0.15) is 0 Å². The average molecular weight is 294 g/mol. The molecule has 6 nitrogen and oxygen atoms in total. The fraction of sp³-hybridized carbons (Fsp3) is 0.462. The molecule has 0 saturated carbocycles. The van der Waals surface area contributed by atoms with Crippen LogP contribution in [0.2, 0.25) is 0 Å². The Morgan fingerprint density at radius 1 is 1.60 bits per heavy atom. The van der Waals surface area contributed by atoms with Gasteiger partial charge in [-0.25, -0.2) is 4.68 Å². The second kappa shape index (κ2) is 5.72. The van der Waals surface area contributed by atoms with Crippen molar-refractivity contribution < 1.29 is 9.90 Å². The van der Waals surface area contributed by atoms with Crippen LogP contribution >= 0.6 is 11.3 Å².